The zero-order chi connectivity index (χ0) is 18.2. The van der Waals surface area contributed by atoms with Crippen LogP contribution in [0.25, 0.3) is 0 Å². The van der Waals surface area contributed by atoms with Crippen molar-refractivity contribution in [3.63, 3.8) is 0 Å². The predicted octanol–water partition coefficient (Wildman–Crippen LogP) is 1.61. The Morgan fingerprint density at radius 1 is 1.12 bits per heavy atom. The van der Waals surface area contributed by atoms with Gasteiger partial charge in [0.15, 0.2) is 0 Å². The highest BCUT2D eigenvalue weighted by molar-refractivity contribution is 7.89. The molecule has 0 N–H and O–H groups in total. The van der Waals surface area contributed by atoms with E-state index >= 15 is 0 Å². The van der Waals surface area contributed by atoms with Gasteiger partial charge in [-0.2, -0.15) is 4.31 Å². The van der Waals surface area contributed by atoms with Crippen LogP contribution in [0.3, 0.4) is 0 Å². The lowest BCUT2D eigenvalue weighted by molar-refractivity contribution is 0.0702. The van der Waals surface area contributed by atoms with Crippen molar-refractivity contribution in [1.82, 2.24) is 18.8 Å². The average Bonchev–Trinajstić information content (AvgIpc) is 3.02. The molecule has 0 atom stereocenters. The van der Waals surface area contributed by atoms with Crippen molar-refractivity contribution in [3.05, 3.63) is 39.9 Å². The van der Waals surface area contributed by atoms with Crippen LogP contribution in [0.5, 0.6) is 0 Å². The van der Waals surface area contributed by atoms with Gasteiger partial charge in [0.2, 0.25) is 10.0 Å². The molecule has 1 saturated heterocycles. The third kappa shape index (κ3) is 3.44. The van der Waals surface area contributed by atoms with Crippen molar-refractivity contribution in [3.8, 4) is 0 Å². The zero-order valence-electron chi connectivity index (χ0n) is 14.4. The van der Waals surface area contributed by atoms with Crippen LogP contribution in [0.4, 0.5) is 0 Å². The van der Waals surface area contributed by atoms with Gasteiger partial charge in [-0.25, -0.2) is 8.42 Å². The molecule has 0 spiro atoms. The van der Waals surface area contributed by atoms with Gasteiger partial charge in [0.1, 0.15) is 4.88 Å². The van der Waals surface area contributed by atoms with Gasteiger partial charge < -0.3 is 4.90 Å². The summed E-state index contributed by atoms with van der Waals surface area (Å²) in [6.45, 7) is 6.71. The minimum absolute atomic E-state index is 0.128. The normalized spacial score (nSPS) is 16.2. The maximum absolute atomic E-state index is 12.9. The van der Waals surface area contributed by atoms with Gasteiger partial charge in [0, 0.05) is 26.2 Å². The first-order chi connectivity index (χ1) is 11.8. The number of benzene rings is 1. The molecule has 1 fully saturated rings. The number of amides is 1. The molecule has 0 saturated carbocycles. The van der Waals surface area contributed by atoms with Crippen molar-refractivity contribution in [2.75, 3.05) is 26.2 Å². The fourth-order valence-corrected chi connectivity index (χ4v) is 5.18. The Kier molecular flexibility index (Phi) is 4.90. The van der Waals surface area contributed by atoms with Crippen LogP contribution in [-0.2, 0) is 10.0 Å². The second kappa shape index (κ2) is 6.81. The van der Waals surface area contributed by atoms with Gasteiger partial charge in [0.05, 0.1) is 10.6 Å². The summed E-state index contributed by atoms with van der Waals surface area (Å²) in [6, 6.07) is 5.42. The summed E-state index contributed by atoms with van der Waals surface area (Å²) in [7, 11) is -3.55. The number of aryl methyl sites for hydroxylation is 3. The first kappa shape index (κ1) is 18.0. The summed E-state index contributed by atoms with van der Waals surface area (Å²) in [5.41, 5.74) is 2.25. The Labute approximate surface area is 151 Å². The van der Waals surface area contributed by atoms with Gasteiger partial charge in [0.25, 0.3) is 5.91 Å². The van der Waals surface area contributed by atoms with E-state index < -0.39 is 10.0 Å². The van der Waals surface area contributed by atoms with E-state index in [1.54, 1.807) is 24.8 Å². The first-order valence-corrected chi connectivity index (χ1v) is 10.2. The quantitative estimate of drug-likeness (QED) is 0.808. The van der Waals surface area contributed by atoms with Gasteiger partial charge in [-0.1, -0.05) is 16.6 Å². The molecule has 0 aliphatic carbocycles. The maximum atomic E-state index is 12.9. The van der Waals surface area contributed by atoms with Crippen LogP contribution in [0.2, 0.25) is 0 Å². The molecule has 7 nitrogen and oxygen atoms in total. The predicted molar refractivity (Wildman–Crippen MR) is 95.2 cm³/mol. The van der Waals surface area contributed by atoms with E-state index in [-0.39, 0.29) is 19.0 Å². The Balaban J connectivity index is 1.74. The number of hydrogen-bond acceptors (Lipinski definition) is 6. The number of hydrogen-bond donors (Lipinski definition) is 0. The lowest BCUT2D eigenvalue weighted by atomic mass is 10.2. The maximum Gasteiger partial charge on any atom is 0.267 e. The molecule has 1 aliphatic heterocycles. The minimum atomic E-state index is -3.55. The molecule has 1 amide bonds. The van der Waals surface area contributed by atoms with Crippen molar-refractivity contribution in [2.45, 2.75) is 25.7 Å². The lowest BCUT2D eigenvalue weighted by Crippen LogP contribution is -2.50. The van der Waals surface area contributed by atoms with Crippen LogP contribution in [0.15, 0.2) is 23.1 Å². The molecule has 1 aliphatic rings. The number of carbonyl (C=O) groups excluding carboxylic acids is 1. The van der Waals surface area contributed by atoms with E-state index in [9.17, 15) is 13.2 Å². The van der Waals surface area contributed by atoms with E-state index in [1.165, 1.54) is 4.31 Å². The molecule has 0 bridgehead atoms. The van der Waals surface area contributed by atoms with Gasteiger partial charge >= 0.3 is 0 Å². The third-order valence-electron chi connectivity index (χ3n) is 4.33. The molecule has 25 heavy (non-hydrogen) atoms. The molecule has 0 radical (unpaired) electrons. The zero-order valence-corrected chi connectivity index (χ0v) is 16.0. The second-order valence-electron chi connectivity index (χ2n) is 6.15. The van der Waals surface area contributed by atoms with Crippen molar-refractivity contribution < 1.29 is 13.2 Å². The molecule has 3 rings (SSSR count). The topological polar surface area (TPSA) is 83.5 Å². The van der Waals surface area contributed by atoms with Gasteiger partial charge in [-0.3, -0.25) is 4.79 Å². The summed E-state index contributed by atoms with van der Waals surface area (Å²) in [5, 5.41) is 3.86. The molecule has 134 valence electrons. The summed E-state index contributed by atoms with van der Waals surface area (Å²) < 4.78 is 31.1. The minimum Gasteiger partial charge on any atom is -0.335 e. The number of rotatable bonds is 3. The molecule has 1 aromatic carbocycles. The first-order valence-electron chi connectivity index (χ1n) is 7.96. The largest absolute Gasteiger partial charge is 0.335 e. The SMILES string of the molecule is Cc1ccc(C)c(S(=O)(=O)N2CCN(C(=O)c3snnc3C)CC2)c1. The van der Waals surface area contributed by atoms with Crippen molar-refractivity contribution in [2.24, 2.45) is 0 Å². The monoisotopic (exact) mass is 380 g/mol. The number of aromatic nitrogens is 2. The van der Waals surface area contributed by atoms with E-state index in [0.717, 1.165) is 22.7 Å². The Bertz CT molecular complexity index is 900. The fourth-order valence-electron chi connectivity index (χ4n) is 2.83. The molecule has 0 unspecified atom stereocenters. The number of sulfonamides is 1. The summed E-state index contributed by atoms with van der Waals surface area (Å²) >= 11 is 1.07. The average molecular weight is 380 g/mol. The standard InChI is InChI=1S/C16H20N4O3S2/c1-11-4-5-12(2)14(10-11)25(22,23)20-8-6-19(7-9-20)16(21)15-13(3)17-18-24-15/h4-5,10H,6-9H2,1-3H3. The Hall–Kier alpha value is -1.84. The summed E-state index contributed by atoms with van der Waals surface area (Å²) in [4.78, 5) is 15.0. The molecular weight excluding hydrogens is 360 g/mol. The fraction of sp³-hybridized carbons (Fsp3) is 0.438. The van der Waals surface area contributed by atoms with Crippen molar-refractivity contribution >= 4 is 27.5 Å². The van der Waals surface area contributed by atoms with Crippen LogP contribution in [-0.4, -0.2) is 59.3 Å². The molecule has 2 aromatic rings. The smallest absolute Gasteiger partial charge is 0.267 e. The van der Waals surface area contributed by atoms with Crippen LogP contribution < -0.4 is 0 Å². The lowest BCUT2D eigenvalue weighted by Gasteiger charge is -2.34. The van der Waals surface area contributed by atoms with E-state index in [2.05, 4.69) is 9.59 Å². The van der Waals surface area contributed by atoms with Gasteiger partial charge in [-0.05, 0) is 49.5 Å². The van der Waals surface area contributed by atoms with Gasteiger partial charge in [-0.15, -0.1) is 5.10 Å². The van der Waals surface area contributed by atoms with E-state index in [0.29, 0.717) is 28.6 Å². The van der Waals surface area contributed by atoms with E-state index in [4.69, 9.17) is 0 Å². The highest BCUT2D eigenvalue weighted by Crippen LogP contribution is 2.23. The van der Waals surface area contributed by atoms with Crippen LogP contribution in [0, 0.1) is 20.8 Å². The summed E-state index contributed by atoms with van der Waals surface area (Å²) in [6.07, 6.45) is 0. The van der Waals surface area contributed by atoms with E-state index in [1.807, 2.05) is 19.1 Å². The van der Waals surface area contributed by atoms with Crippen LogP contribution in [0.1, 0.15) is 26.5 Å². The van der Waals surface area contributed by atoms with Crippen LogP contribution >= 0.6 is 11.5 Å². The number of piperazine rings is 1. The molecule has 1 aromatic heterocycles. The third-order valence-corrected chi connectivity index (χ3v) is 7.19. The summed E-state index contributed by atoms with van der Waals surface area (Å²) in [5.74, 6) is -0.128. The highest BCUT2D eigenvalue weighted by Gasteiger charge is 2.32. The second-order valence-corrected chi connectivity index (χ2v) is 8.81. The van der Waals surface area contributed by atoms with Crippen molar-refractivity contribution in [1.29, 1.82) is 0 Å². The number of nitrogens with zero attached hydrogens (tertiary/aromatic N) is 4. The molecule has 9 heteroatoms. The Morgan fingerprint density at radius 3 is 2.40 bits per heavy atom. The molecule has 2 heterocycles. The number of carbonyl (C=O) groups is 1. The molecular formula is C16H20N4O3S2. The highest BCUT2D eigenvalue weighted by atomic mass is 32.2. The Morgan fingerprint density at radius 2 is 1.80 bits per heavy atom.